The van der Waals surface area contributed by atoms with Crippen LogP contribution in [0.4, 0.5) is 0 Å². The maximum Gasteiger partial charge on any atom is 0.268 e. The van der Waals surface area contributed by atoms with E-state index in [-0.39, 0.29) is 10.3 Å². The van der Waals surface area contributed by atoms with Gasteiger partial charge in [0.05, 0.1) is 17.7 Å². The Labute approximate surface area is 125 Å². The summed E-state index contributed by atoms with van der Waals surface area (Å²) in [4.78, 5) is 4.20. The number of aryl methyl sites for hydroxylation is 1. The molecule has 1 heterocycles. The van der Waals surface area contributed by atoms with Gasteiger partial charge in [0.1, 0.15) is 12.1 Å². The molecule has 6 heteroatoms. The summed E-state index contributed by atoms with van der Waals surface area (Å²) in [7, 11) is -2.05. The fraction of sp³-hybridized carbons (Fsp3) is 0.400. The molecule has 5 nitrogen and oxygen atoms in total. The van der Waals surface area contributed by atoms with Gasteiger partial charge in [0.25, 0.3) is 10.0 Å². The first kappa shape index (κ1) is 15.6. The highest BCUT2D eigenvalue weighted by molar-refractivity contribution is 7.90. The fourth-order valence-electron chi connectivity index (χ4n) is 2.09. The molecule has 0 aliphatic carbocycles. The van der Waals surface area contributed by atoms with Crippen molar-refractivity contribution in [3.63, 3.8) is 0 Å². The number of imidazole rings is 1. The van der Waals surface area contributed by atoms with Crippen LogP contribution in [0, 0.1) is 6.92 Å². The number of methoxy groups -OCH3 is 1. The van der Waals surface area contributed by atoms with Crippen molar-refractivity contribution < 1.29 is 13.2 Å². The van der Waals surface area contributed by atoms with Crippen LogP contribution in [0.25, 0.3) is 0 Å². The Morgan fingerprint density at radius 3 is 2.38 bits per heavy atom. The Bertz CT molecular complexity index is 755. The molecule has 0 amide bonds. The molecule has 1 aromatic carbocycles. The molecule has 0 aliphatic heterocycles. The number of hydrogen-bond acceptors (Lipinski definition) is 4. The van der Waals surface area contributed by atoms with E-state index in [0.29, 0.717) is 11.4 Å². The third-order valence-electron chi connectivity index (χ3n) is 3.24. The molecule has 0 unspecified atom stereocenters. The highest BCUT2D eigenvalue weighted by atomic mass is 32.2. The van der Waals surface area contributed by atoms with E-state index in [2.05, 4.69) is 4.98 Å². The summed E-state index contributed by atoms with van der Waals surface area (Å²) < 4.78 is 31.7. The van der Waals surface area contributed by atoms with E-state index >= 15 is 0 Å². The van der Waals surface area contributed by atoms with Crippen molar-refractivity contribution in [2.45, 2.75) is 38.0 Å². The lowest BCUT2D eigenvalue weighted by Gasteiger charge is -2.22. The van der Waals surface area contributed by atoms with Crippen LogP contribution in [0.5, 0.6) is 5.75 Å². The lowest BCUT2D eigenvalue weighted by molar-refractivity contribution is 0.397. The zero-order chi connectivity index (χ0) is 15.8. The van der Waals surface area contributed by atoms with E-state index in [1.54, 1.807) is 32.2 Å². The number of aromatic nitrogens is 2. The lowest BCUT2D eigenvalue weighted by Crippen LogP contribution is -2.16. The minimum Gasteiger partial charge on any atom is -0.496 e. The molecule has 0 spiro atoms. The molecular weight excluding hydrogens is 288 g/mol. The summed E-state index contributed by atoms with van der Waals surface area (Å²) >= 11 is 0. The molecule has 0 aliphatic rings. The van der Waals surface area contributed by atoms with Gasteiger partial charge in [0, 0.05) is 11.8 Å². The molecule has 0 atom stereocenters. The van der Waals surface area contributed by atoms with Gasteiger partial charge in [-0.15, -0.1) is 0 Å². The zero-order valence-electron chi connectivity index (χ0n) is 12.9. The molecule has 1 aromatic heterocycles. The molecule has 114 valence electrons. The summed E-state index contributed by atoms with van der Waals surface area (Å²) in [6.07, 6.45) is 2.81. The first-order valence-corrected chi connectivity index (χ1v) is 8.05. The normalized spacial score (nSPS) is 12.4. The van der Waals surface area contributed by atoms with Gasteiger partial charge in [-0.25, -0.2) is 17.4 Å². The van der Waals surface area contributed by atoms with Crippen LogP contribution in [0.3, 0.4) is 0 Å². The van der Waals surface area contributed by atoms with Gasteiger partial charge < -0.3 is 4.74 Å². The first-order chi connectivity index (χ1) is 9.66. The second kappa shape index (κ2) is 5.18. The zero-order valence-corrected chi connectivity index (χ0v) is 13.7. The van der Waals surface area contributed by atoms with Gasteiger partial charge in [-0.05, 0) is 30.5 Å². The highest BCUT2D eigenvalue weighted by Gasteiger charge is 2.24. The van der Waals surface area contributed by atoms with Gasteiger partial charge in [0.15, 0.2) is 0 Å². The van der Waals surface area contributed by atoms with Gasteiger partial charge in [-0.3, -0.25) is 0 Å². The summed E-state index contributed by atoms with van der Waals surface area (Å²) in [5.74, 6) is 0.684. The topological polar surface area (TPSA) is 61.2 Å². The number of rotatable bonds is 3. The molecule has 2 aromatic rings. The second-order valence-corrected chi connectivity index (χ2v) is 7.81. The maximum absolute atomic E-state index is 12.6. The average Bonchev–Trinajstić information content (AvgIpc) is 2.84. The van der Waals surface area contributed by atoms with Crippen molar-refractivity contribution in [2.75, 3.05) is 7.11 Å². The smallest absolute Gasteiger partial charge is 0.268 e. The Morgan fingerprint density at radius 2 is 1.90 bits per heavy atom. The molecule has 0 fully saturated rings. The highest BCUT2D eigenvalue weighted by Crippen LogP contribution is 2.33. The molecule has 0 N–H and O–H groups in total. The molecule has 0 bridgehead atoms. The maximum atomic E-state index is 12.6. The molecule has 21 heavy (non-hydrogen) atoms. The average molecular weight is 308 g/mol. The monoisotopic (exact) mass is 308 g/mol. The standard InChI is InChI=1S/C15H20N2O3S/c1-11-9-17(10-16-11)21(18,19)12-6-7-14(20-5)13(8-12)15(2,3)4/h6-10H,1-5H3. The van der Waals surface area contributed by atoms with Crippen LogP contribution in [0.15, 0.2) is 35.6 Å². The third-order valence-corrected chi connectivity index (χ3v) is 4.85. The lowest BCUT2D eigenvalue weighted by atomic mass is 9.86. The van der Waals surface area contributed by atoms with Crippen LogP contribution in [0.1, 0.15) is 32.0 Å². The fourth-order valence-corrected chi connectivity index (χ4v) is 3.30. The van der Waals surface area contributed by atoms with Gasteiger partial charge in [-0.2, -0.15) is 0 Å². The van der Waals surface area contributed by atoms with Crippen molar-refractivity contribution in [1.82, 2.24) is 8.96 Å². The van der Waals surface area contributed by atoms with E-state index in [1.165, 1.54) is 12.5 Å². The molecule has 2 rings (SSSR count). The number of hydrogen-bond donors (Lipinski definition) is 0. The van der Waals surface area contributed by atoms with Crippen LogP contribution in [-0.4, -0.2) is 24.5 Å². The summed E-state index contributed by atoms with van der Waals surface area (Å²) in [5.41, 5.74) is 1.29. The van der Waals surface area contributed by atoms with Crippen molar-refractivity contribution in [2.24, 2.45) is 0 Å². The van der Waals surface area contributed by atoms with E-state index in [4.69, 9.17) is 4.74 Å². The first-order valence-electron chi connectivity index (χ1n) is 6.61. The predicted octanol–water partition coefficient (Wildman–Crippen LogP) is 2.73. The van der Waals surface area contributed by atoms with Gasteiger partial charge in [-0.1, -0.05) is 20.8 Å². The van der Waals surface area contributed by atoms with E-state index in [9.17, 15) is 8.42 Å². The second-order valence-electron chi connectivity index (χ2n) is 5.96. The van der Waals surface area contributed by atoms with E-state index in [0.717, 1.165) is 9.54 Å². The minimum atomic E-state index is -3.63. The predicted molar refractivity (Wildman–Crippen MR) is 81.2 cm³/mol. The Hall–Kier alpha value is -1.82. The largest absolute Gasteiger partial charge is 0.496 e. The molecule has 0 radical (unpaired) electrons. The Morgan fingerprint density at radius 1 is 1.24 bits per heavy atom. The van der Waals surface area contributed by atoms with Crippen molar-refractivity contribution in [3.05, 3.63) is 42.0 Å². The number of benzene rings is 1. The SMILES string of the molecule is COc1ccc(S(=O)(=O)n2cnc(C)c2)cc1C(C)(C)C. The van der Waals surface area contributed by atoms with Crippen LogP contribution in [-0.2, 0) is 15.4 Å². The third kappa shape index (κ3) is 2.95. The van der Waals surface area contributed by atoms with Gasteiger partial charge in [0.2, 0.25) is 0 Å². The minimum absolute atomic E-state index is 0.221. The molecular formula is C15H20N2O3S. The summed E-state index contributed by atoms with van der Waals surface area (Å²) in [5, 5.41) is 0. The van der Waals surface area contributed by atoms with Crippen molar-refractivity contribution in [3.8, 4) is 5.75 Å². The van der Waals surface area contributed by atoms with Crippen LogP contribution < -0.4 is 4.74 Å². The Balaban J connectivity index is 2.60. The quantitative estimate of drug-likeness (QED) is 0.874. The van der Waals surface area contributed by atoms with E-state index in [1.807, 2.05) is 20.8 Å². The van der Waals surface area contributed by atoms with E-state index < -0.39 is 10.0 Å². The number of nitrogens with zero attached hydrogens (tertiary/aromatic N) is 2. The summed E-state index contributed by atoms with van der Waals surface area (Å²) in [6, 6.07) is 4.92. The van der Waals surface area contributed by atoms with Crippen LogP contribution >= 0.6 is 0 Å². The summed E-state index contributed by atoms with van der Waals surface area (Å²) in [6.45, 7) is 7.80. The van der Waals surface area contributed by atoms with Crippen LogP contribution in [0.2, 0.25) is 0 Å². The molecule has 0 saturated carbocycles. The number of ether oxygens (including phenoxy) is 1. The van der Waals surface area contributed by atoms with Gasteiger partial charge >= 0.3 is 0 Å². The van der Waals surface area contributed by atoms with Crippen molar-refractivity contribution >= 4 is 10.0 Å². The Kier molecular flexibility index (Phi) is 3.84. The van der Waals surface area contributed by atoms with Crippen molar-refractivity contribution in [1.29, 1.82) is 0 Å². The molecule has 0 saturated heterocycles.